The molecule has 2 aromatic carbocycles. The van der Waals surface area contributed by atoms with Crippen molar-refractivity contribution >= 4 is 17.7 Å². The standard InChI is InChI=1S/C26H29N5O4/c1-4-31(5-2)26(34)20-11-9-18(10-12-20)15-27-24(32)22-14-23(30-17-29-22)25(33)28-16-19-7-6-8-21(13-19)35-3/h6-14,17H,4-5,15-16H2,1-3H3,(H,27,32)(H,28,33)/i3D3,16D2. The Labute approximate surface area is 211 Å². The van der Waals surface area contributed by atoms with Gasteiger partial charge < -0.3 is 20.3 Å². The summed E-state index contributed by atoms with van der Waals surface area (Å²) in [5.74, 6) is -1.68. The molecule has 2 N–H and O–H groups in total. The molecular formula is C26H29N5O4. The molecule has 0 atom stereocenters. The zero-order valence-electron chi connectivity index (χ0n) is 24.4. The van der Waals surface area contributed by atoms with E-state index >= 15 is 0 Å². The molecule has 0 radical (unpaired) electrons. The Morgan fingerprint density at radius 2 is 1.63 bits per heavy atom. The predicted molar refractivity (Wildman–Crippen MR) is 131 cm³/mol. The van der Waals surface area contributed by atoms with Crippen molar-refractivity contribution in [3.63, 3.8) is 0 Å². The summed E-state index contributed by atoms with van der Waals surface area (Å²) in [5, 5.41) is 4.86. The smallest absolute Gasteiger partial charge is 0.270 e. The van der Waals surface area contributed by atoms with Crippen LogP contribution < -0.4 is 15.4 Å². The first-order chi connectivity index (χ1) is 18.8. The van der Waals surface area contributed by atoms with Gasteiger partial charge in [-0.15, -0.1) is 0 Å². The van der Waals surface area contributed by atoms with Gasteiger partial charge in [0.2, 0.25) is 0 Å². The molecule has 182 valence electrons. The monoisotopic (exact) mass is 480 g/mol. The first-order valence-corrected chi connectivity index (χ1v) is 10.9. The average Bonchev–Trinajstić information content (AvgIpc) is 2.91. The van der Waals surface area contributed by atoms with Crippen LogP contribution in [-0.2, 0) is 13.0 Å². The summed E-state index contributed by atoms with van der Waals surface area (Å²) < 4.78 is 42.9. The van der Waals surface area contributed by atoms with Gasteiger partial charge in [-0.05, 0) is 49.2 Å². The Hall–Kier alpha value is -4.27. The zero-order valence-corrected chi connectivity index (χ0v) is 19.4. The summed E-state index contributed by atoms with van der Waals surface area (Å²) in [7, 11) is -2.72. The molecule has 0 bridgehead atoms. The van der Waals surface area contributed by atoms with Crippen LogP contribution in [0.1, 0.15) is 63.2 Å². The van der Waals surface area contributed by atoms with Crippen molar-refractivity contribution in [3.05, 3.63) is 89.0 Å². The molecule has 1 heterocycles. The molecule has 0 saturated heterocycles. The number of aromatic nitrogens is 2. The number of ether oxygens (including phenoxy) is 1. The molecule has 9 nitrogen and oxygen atoms in total. The lowest BCUT2D eigenvalue weighted by molar-refractivity contribution is 0.0772. The second-order valence-electron chi connectivity index (χ2n) is 7.35. The average molecular weight is 481 g/mol. The molecule has 0 aliphatic heterocycles. The Balaban J connectivity index is 1.64. The molecule has 0 fully saturated rings. The van der Waals surface area contributed by atoms with Gasteiger partial charge in [-0.3, -0.25) is 14.4 Å². The van der Waals surface area contributed by atoms with Crippen LogP contribution in [0.25, 0.3) is 0 Å². The maximum absolute atomic E-state index is 12.8. The Morgan fingerprint density at radius 1 is 0.943 bits per heavy atom. The van der Waals surface area contributed by atoms with E-state index in [1.807, 2.05) is 13.8 Å². The normalized spacial score (nSPS) is 13.3. The summed E-state index contributed by atoms with van der Waals surface area (Å²) in [5.41, 5.74) is 0.871. The number of hydrogen-bond acceptors (Lipinski definition) is 6. The van der Waals surface area contributed by atoms with Crippen molar-refractivity contribution < 1.29 is 26.0 Å². The number of benzene rings is 2. The van der Waals surface area contributed by atoms with Gasteiger partial charge in [0.05, 0.1) is 13.9 Å². The molecule has 0 saturated carbocycles. The number of hydrogen-bond donors (Lipinski definition) is 2. The van der Waals surface area contributed by atoms with Crippen LogP contribution in [0.15, 0.2) is 60.9 Å². The van der Waals surface area contributed by atoms with Gasteiger partial charge in [0, 0.05) is 37.8 Å². The van der Waals surface area contributed by atoms with Gasteiger partial charge in [-0.2, -0.15) is 0 Å². The largest absolute Gasteiger partial charge is 0.497 e. The van der Waals surface area contributed by atoms with Crippen LogP contribution in [-0.4, -0.2) is 52.7 Å². The molecule has 0 spiro atoms. The van der Waals surface area contributed by atoms with Crippen molar-refractivity contribution in [3.8, 4) is 5.75 Å². The number of nitrogens with one attached hydrogen (secondary N) is 2. The summed E-state index contributed by atoms with van der Waals surface area (Å²) in [6.45, 7) is 2.74. The zero-order chi connectivity index (χ0) is 29.5. The summed E-state index contributed by atoms with van der Waals surface area (Å²) in [6.07, 6.45) is 1.01. The topological polar surface area (TPSA) is 114 Å². The molecule has 3 rings (SSSR count). The van der Waals surface area contributed by atoms with E-state index in [9.17, 15) is 14.4 Å². The fraction of sp³-hybridized carbons (Fsp3) is 0.269. The van der Waals surface area contributed by atoms with Gasteiger partial charge >= 0.3 is 0 Å². The number of methoxy groups -OCH3 is 1. The Kier molecular flexibility index (Phi) is 6.69. The van der Waals surface area contributed by atoms with Crippen LogP contribution in [0.5, 0.6) is 5.75 Å². The lowest BCUT2D eigenvalue weighted by atomic mass is 10.1. The van der Waals surface area contributed by atoms with Crippen molar-refractivity contribution in [1.29, 1.82) is 0 Å². The van der Waals surface area contributed by atoms with E-state index in [1.54, 1.807) is 29.2 Å². The van der Waals surface area contributed by atoms with Gasteiger partial charge in [-0.25, -0.2) is 9.97 Å². The maximum atomic E-state index is 12.8. The van der Waals surface area contributed by atoms with E-state index < -0.39 is 25.3 Å². The van der Waals surface area contributed by atoms with Crippen LogP contribution in [0.3, 0.4) is 0 Å². The van der Waals surface area contributed by atoms with E-state index in [-0.39, 0.29) is 35.2 Å². The SMILES string of the molecule is [2H]C([2H])([2H])Oc1cccc(C([2H])([2H])NC(=O)c2cc(C(=O)NCc3ccc(C(=O)N(CC)CC)cc3)ncn2)c1. The number of amides is 3. The number of nitrogens with zero attached hydrogens (tertiary/aromatic N) is 3. The molecule has 0 aliphatic rings. The van der Waals surface area contributed by atoms with Crippen LogP contribution >= 0.6 is 0 Å². The highest BCUT2D eigenvalue weighted by molar-refractivity contribution is 5.97. The third-order valence-electron chi connectivity index (χ3n) is 5.11. The van der Waals surface area contributed by atoms with Crippen molar-refractivity contribution in [2.45, 2.75) is 26.9 Å². The third-order valence-corrected chi connectivity index (χ3v) is 5.11. The molecular weight excluding hydrogens is 446 g/mol. The van der Waals surface area contributed by atoms with Gasteiger partial charge in [0.25, 0.3) is 17.7 Å². The molecule has 3 amide bonds. The van der Waals surface area contributed by atoms with Crippen LogP contribution in [0, 0.1) is 0 Å². The highest BCUT2D eigenvalue weighted by atomic mass is 16.5. The highest BCUT2D eigenvalue weighted by Crippen LogP contribution is 2.12. The maximum Gasteiger partial charge on any atom is 0.270 e. The van der Waals surface area contributed by atoms with Crippen LogP contribution in [0.4, 0.5) is 0 Å². The quantitative estimate of drug-likeness (QED) is 0.461. The van der Waals surface area contributed by atoms with Gasteiger partial charge in [0.1, 0.15) is 23.5 Å². The lowest BCUT2D eigenvalue weighted by Crippen LogP contribution is -2.30. The molecule has 0 unspecified atom stereocenters. The second-order valence-corrected chi connectivity index (χ2v) is 7.35. The fourth-order valence-electron chi connectivity index (χ4n) is 3.17. The summed E-state index contributed by atoms with van der Waals surface area (Å²) in [4.78, 5) is 47.3. The fourth-order valence-corrected chi connectivity index (χ4v) is 3.17. The van der Waals surface area contributed by atoms with Crippen molar-refractivity contribution in [2.24, 2.45) is 0 Å². The second kappa shape index (κ2) is 12.3. The first kappa shape index (κ1) is 19.1. The van der Waals surface area contributed by atoms with E-state index in [2.05, 4.69) is 20.6 Å². The summed E-state index contributed by atoms with van der Waals surface area (Å²) >= 11 is 0. The van der Waals surface area contributed by atoms with Crippen LogP contribution in [0.2, 0.25) is 0 Å². The first-order valence-electron chi connectivity index (χ1n) is 13.4. The molecule has 0 aliphatic carbocycles. The lowest BCUT2D eigenvalue weighted by Gasteiger charge is -2.18. The van der Waals surface area contributed by atoms with E-state index in [1.165, 1.54) is 18.2 Å². The summed E-state index contributed by atoms with van der Waals surface area (Å²) in [6, 6.07) is 13.2. The van der Waals surface area contributed by atoms with Crippen molar-refractivity contribution in [2.75, 3.05) is 20.1 Å². The van der Waals surface area contributed by atoms with E-state index in [0.717, 1.165) is 24.0 Å². The minimum absolute atomic E-state index is 0.0561. The van der Waals surface area contributed by atoms with Crippen molar-refractivity contribution in [1.82, 2.24) is 25.5 Å². The molecule has 9 heteroatoms. The number of rotatable bonds is 10. The minimum atomic E-state index is -2.72. The minimum Gasteiger partial charge on any atom is -0.497 e. The molecule has 3 aromatic rings. The van der Waals surface area contributed by atoms with Gasteiger partial charge in [0.15, 0.2) is 0 Å². The predicted octanol–water partition coefficient (Wildman–Crippen LogP) is 2.83. The Bertz CT molecular complexity index is 1360. The number of carbonyl (C=O) groups is 3. The molecule has 35 heavy (non-hydrogen) atoms. The van der Waals surface area contributed by atoms with E-state index in [0.29, 0.717) is 18.7 Å². The Morgan fingerprint density at radius 3 is 2.29 bits per heavy atom. The highest BCUT2D eigenvalue weighted by Gasteiger charge is 2.14. The third kappa shape index (κ3) is 6.86. The number of carbonyl (C=O) groups excluding carboxylic acids is 3. The molecule has 1 aromatic heterocycles. The van der Waals surface area contributed by atoms with Gasteiger partial charge in [-0.1, -0.05) is 24.3 Å². The van der Waals surface area contributed by atoms with E-state index in [4.69, 9.17) is 11.6 Å².